The van der Waals surface area contributed by atoms with Gasteiger partial charge in [-0.3, -0.25) is 9.59 Å². The molecule has 0 saturated heterocycles. The summed E-state index contributed by atoms with van der Waals surface area (Å²) in [6.07, 6.45) is -2.17. The van der Waals surface area contributed by atoms with Crippen molar-refractivity contribution in [2.75, 3.05) is 18.1 Å². The molecule has 0 aliphatic carbocycles. The standard InChI is InChI=1S/C29H30ClNO6/c1-5-36-25(32)15-24-27(33)31(16-29(2,3)4)23-13-10-17(30)14-22(23)26(37-24)20-11-12-21(28(34)35)19-9-7-6-8-18(19)20/h6-14,24,26H,5,15-16H2,1-4H3,(H,34,35)/t24-,26-/m1/s1. The van der Waals surface area contributed by atoms with Crippen molar-refractivity contribution in [1.29, 1.82) is 0 Å². The van der Waals surface area contributed by atoms with E-state index in [1.54, 1.807) is 48.2 Å². The van der Waals surface area contributed by atoms with Gasteiger partial charge in [0.05, 0.1) is 18.6 Å². The van der Waals surface area contributed by atoms with Gasteiger partial charge in [0.15, 0.2) is 0 Å². The van der Waals surface area contributed by atoms with E-state index in [4.69, 9.17) is 21.1 Å². The third kappa shape index (κ3) is 5.63. The first-order chi connectivity index (χ1) is 17.5. The van der Waals surface area contributed by atoms with Crippen molar-refractivity contribution in [2.24, 2.45) is 5.41 Å². The summed E-state index contributed by atoms with van der Waals surface area (Å²) in [6, 6.07) is 15.7. The lowest BCUT2D eigenvalue weighted by molar-refractivity contribution is -0.151. The van der Waals surface area contributed by atoms with Crippen molar-refractivity contribution in [3.8, 4) is 0 Å². The molecule has 0 bridgehead atoms. The van der Waals surface area contributed by atoms with Crippen LogP contribution in [0.2, 0.25) is 5.02 Å². The molecule has 8 heteroatoms. The summed E-state index contributed by atoms with van der Waals surface area (Å²) >= 11 is 6.44. The quantitative estimate of drug-likeness (QED) is 0.397. The number of fused-ring (bicyclic) bond motifs is 2. The molecule has 194 valence electrons. The van der Waals surface area contributed by atoms with E-state index in [1.165, 1.54) is 6.07 Å². The van der Waals surface area contributed by atoms with Crippen molar-refractivity contribution in [1.82, 2.24) is 0 Å². The molecule has 4 rings (SSSR count). The molecule has 0 unspecified atom stereocenters. The number of carboxylic acid groups (broad SMARTS) is 1. The molecule has 1 aliphatic rings. The number of aromatic carboxylic acids is 1. The molecule has 3 aromatic carbocycles. The van der Waals surface area contributed by atoms with Gasteiger partial charge in [-0.1, -0.05) is 62.7 Å². The first-order valence-corrected chi connectivity index (χ1v) is 12.5. The molecule has 0 aromatic heterocycles. The van der Waals surface area contributed by atoms with Gasteiger partial charge >= 0.3 is 11.9 Å². The van der Waals surface area contributed by atoms with Gasteiger partial charge in [-0.25, -0.2) is 4.79 Å². The number of hydrogen-bond donors (Lipinski definition) is 1. The molecule has 1 aliphatic heterocycles. The number of carbonyl (C=O) groups excluding carboxylic acids is 2. The van der Waals surface area contributed by atoms with E-state index >= 15 is 0 Å². The number of carbonyl (C=O) groups is 3. The third-order valence-corrected chi connectivity index (χ3v) is 6.40. The normalized spacial score (nSPS) is 17.9. The Hall–Kier alpha value is -3.42. The Morgan fingerprint density at radius 1 is 1.05 bits per heavy atom. The Balaban J connectivity index is 1.96. The first kappa shape index (κ1) is 26.6. The fourth-order valence-electron chi connectivity index (χ4n) is 4.69. The number of halogens is 1. The van der Waals surface area contributed by atoms with Gasteiger partial charge in [0.25, 0.3) is 5.91 Å². The van der Waals surface area contributed by atoms with Gasteiger partial charge in [-0.2, -0.15) is 0 Å². The van der Waals surface area contributed by atoms with E-state index in [0.717, 1.165) is 0 Å². The number of benzene rings is 3. The number of hydrogen-bond acceptors (Lipinski definition) is 5. The van der Waals surface area contributed by atoms with E-state index in [-0.39, 0.29) is 29.9 Å². The maximum Gasteiger partial charge on any atom is 0.336 e. The Morgan fingerprint density at radius 2 is 1.76 bits per heavy atom. The fraction of sp³-hybridized carbons (Fsp3) is 0.345. The van der Waals surface area contributed by atoms with Crippen LogP contribution in [0.15, 0.2) is 54.6 Å². The minimum Gasteiger partial charge on any atom is -0.478 e. The van der Waals surface area contributed by atoms with Crippen LogP contribution in [-0.4, -0.2) is 42.2 Å². The van der Waals surface area contributed by atoms with Crippen molar-refractivity contribution in [3.05, 3.63) is 76.3 Å². The monoisotopic (exact) mass is 523 g/mol. The average Bonchev–Trinajstić information content (AvgIpc) is 2.93. The molecule has 3 aromatic rings. The molecule has 2 atom stereocenters. The molecule has 0 saturated carbocycles. The second-order valence-corrected chi connectivity index (χ2v) is 10.7. The van der Waals surface area contributed by atoms with Crippen LogP contribution >= 0.6 is 11.6 Å². The molecule has 0 spiro atoms. The van der Waals surface area contributed by atoms with E-state index < -0.39 is 24.1 Å². The van der Waals surface area contributed by atoms with E-state index in [1.807, 2.05) is 32.9 Å². The predicted molar refractivity (Wildman–Crippen MR) is 142 cm³/mol. The van der Waals surface area contributed by atoms with Crippen LogP contribution in [-0.2, 0) is 19.1 Å². The summed E-state index contributed by atoms with van der Waals surface area (Å²) in [5, 5.41) is 11.4. The summed E-state index contributed by atoms with van der Waals surface area (Å²) in [4.78, 5) is 39.9. The van der Waals surface area contributed by atoms with Gasteiger partial charge in [0.1, 0.15) is 12.2 Å². The summed E-state index contributed by atoms with van der Waals surface area (Å²) in [5.41, 5.74) is 1.87. The highest BCUT2D eigenvalue weighted by molar-refractivity contribution is 6.30. The maximum atomic E-state index is 13.9. The number of esters is 1. The number of amides is 1. The van der Waals surface area contributed by atoms with Crippen LogP contribution in [0.25, 0.3) is 10.8 Å². The van der Waals surface area contributed by atoms with Crippen molar-refractivity contribution < 1.29 is 29.0 Å². The Bertz CT molecular complexity index is 1360. The second kappa shape index (κ2) is 10.5. The smallest absolute Gasteiger partial charge is 0.336 e. The molecule has 0 fully saturated rings. The highest BCUT2D eigenvalue weighted by atomic mass is 35.5. The number of anilines is 1. The first-order valence-electron chi connectivity index (χ1n) is 12.2. The van der Waals surface area contributed by atoms with Crippen LogP contribution < -0.4 is 4.90 Å². The molecule has 1 heterocycles. The molecular weight excluding hydrogens is 494 g/mol. The molecular formula is C29H30ClNO6. The van der Waals surface area contributed by atoms with E-state index in [9.17, 15) is 19.5 Å². The van der Waals surface area contributed by atoms with Crippen LogP contribution in [0.4, 0.5) is 5.69 Å². The zero-order valence-corrected chi connectivity index (χ0v) is 22.0. The molecule has 7 nitrogen and oxygen atoms in total. The lowest BCUT2D eigenvalue weighted by atomic mass is 9.91. The Morgan fingerprint density at radius 3 is 2.41 bits per heavy atom. The zero-order chi connectivity index (χ0) is 26.9. The number of nitrogens with zero attached hydrogens (tertiary/aromatic N) is 1. The van der Waals surface area contributed by atoms with Gasteiger partial charge < -0.3 is 19.5 Å². The largest absolute Gasteiger partial charge is 0.478 e. The average molecular weight is 524 g/mol. The van der Waals surface area contributed by atoms with Crippen molar-refractivity contribution >= 4 is 45.9 Å². The van der Waals surface area contributed by atoms with Crippen LogP contribution in [0.1, 0.15) is 61.7 Å². The van der Waals surface area contributed by atoms with E-state index in [0.29, 0.717) is 39.2 Å². The predicted octanol–water partition coefficient (Wildman–Crippen LogP) is 6.01. The zero-order valence-electron chi connectivity index (χ0n) is 21.3. The van der Waals surface area contributed by atoms with Gasteiger partial charge in [0.2, 0.25) is 0 Å². The highest BCUT2D eigenvalue weighted by Gasteiger charge is 2.39. The summed E-state index contributed by atoms with van der Waals surface area (Å²) in [6.45, 7) is 8.35. The topological polar surface area (TPSA) is 93.1 Å². The lowest BCUT2D eigenvalue weighted by Gasteiger charge is -2.31. The minimum absolute atomic E-state index is 0.160. The summed E-state index contributed by atoms with van der Waals surface area (Å²) < 4.78 is 11.6. The number of rotatable bonds is 6. The van der Waals surface area contributed by atoms with E-state index in [2.05, 4.69) is 0 Å². The maximum absolute atomic E-state index is 13.9. The highest BCUT2D eigenvalue weighted by Crippen LogP contribution is 2.43. The lowest BCUT2D eigenvalue weighted by Crippen LogP contribution is -2.44. The molecule has 1 amide bonds. The van der Waals surface area contributed by atoms with Gasteiger partial charge in [0, 0.05) is 22.8 Å². The SMILES string of the molecule is CCOC(=O)C[C@H]1O[C@H](c2ccc(C(=O)O)c3ccccc23)c2cc(Cl)ccc2N(CC(C)(C)C)C1=O. The number of ether oxygens (including phenoxy) is 2. The van der Waals surface area contributed by atoms with Gasteiger partial charge in [-0.15, -0.1) is 0 Å². The second-order valence-electron chi connectivity index (χ2n) is 10.3. The third-order valence-electron chi connectivity index (χ3n) is 6.17. The van der Waals surface area contributed by atoms with Crippen LogP contribution in [0.3, 0.4) is 0 Å². The van der Waals surface area contributed by atoms with Crippen molar-refractivity contribution in [3.63, 3.8) is 0 Å². The van der Waals surface area contributed by atoms with Crippen molar-refractivity contribution in [2.45, 2.75) is 46.3 Å². The minimum atomic E-state index is -1.12. The van der Waals surface area contributed by atoms with Gasteiger partial charge in [-0.05, 0) is 52.9 Å². The number of carboxylic acids is 1. The molecule has 0 radical (unpaired) electrons. The van der Waals surface area contributed by atoms with Crippen LogP contribution in [0, 0.1) is 5.41 Å². The summed E-state index contributed by atoms with van der Waals surface area (Å²) in [7, 11) is 0. The fourth-order valence-corrected chi connectivity index (χ4v) is 4.87. The Labute approximate surface area is 220 Å². The molecule has 37 heavy (non-hydrogen) atoms. The molecule has 1 N–H and O–H groups in total. The summed E-state index contributed by atoms with van der Waals surface area (Å²) in [5.74, 6) is -1.93. The van der Waals surface area contributed by atoms with Crippen LogP contribution in [0.5, 0.6) is 0 Å². The Kier molecular flexibility index (Phi) is 7.57.